The fourth-order valence-corrected chi connectivity index (χ4v) is 10.9. The third kappa shape index (κ3) is 5.24. The lowest BCUT2D eigenvalue weighted by Gasteiger charge is -2.23. The Morgan fingerprint density at radius 3 is 1.77 bits per heavy atom. The van der Waals surface area contributed by atoms with Gasteiger partial charge in [0.25, 0.3) is 0 Å². The summed E-state index contributed by atoms with van der Waals surface area (Å²) < 4.78 is 4.73. The molecule has 0 amide bonds. The Balaban J connectivity index is 0.994. The van der Waals surface area contributed by atoms with Crippen LogP contribution in [0, 0.1) is 0 Å². The zero-order chi connectivity index (χ0) is 42.7. The van der Waals surface area contributed by atoms with Crippen LogP contribution in [0.4, 0.5) is 0 Å². The molecule has 0 unspecified atom stereocenters. The lowest BCUT2D eigenvalue weighted by molar-refractivity contribution is 0.653. The van der Waals surface area contributed by atoms with E-state index in [0.717, 1.165) is 55.8 Å². The normalized spacial score (nSPS) is 14.9. The van der Waals surface area contributed by atoms with E-state index in [9.17, 15) is 0 Å². The van der Waals surface area contributed by atoms with Crippen LogP contribution < -0.4 is 5.73 Å². The Labute approximate surface area is 364 Å². The Hall–Kier alpha value is -7.36. The number of fused-ring (bicyclic) bond motifs is 8. The molecule has 3 nitrogen and oxygen atoms in total. The number of hydrogen-bond donors (Lipinski definition) is 1. The average molecular weight is 800 g/mol. The first-order valence-corrected chi connectivity index (χ1v) is 21.7. The van der Waals surface area contributed by atoms with Gasteiger partial charge in [0.05, 0.1) is 22.2 Å². The molecule has 0 fully saturated rings. The molecular formula is C59H49N3. The monoisotopic (exact) mass is 799 g/mol. The molecule has 2 heterocycles. The number of allylic oxidation sites excluding steroid dienone is 3. The van der Waals surface area contributed by atoms with Gasteiger partial charge in [0.2, 0.25) is 0 Å². The molecule has 11 rings (SSSR count). The van der Waals surface area contributed by atoms with Gasteiger partial charge >= 0.3 is 0 Å². The van der Waals surface area contributed by atoms with Gasteiger partial charge in [0, 0.05) is 55.2 Å². The summed E-state index contributed by atoms with van der Waals surface area (Å²) in [5.41, 5.74) is 28.9. The lowest BCUT2D eigenvalue weighted by Crippen LogP contribution is -2.16. The molecule has 0 spiro atoms. The van der Waals surface area contributed by atoms with Crippen LogP contribution in [0.5, 0.6) is 0 Å². The van der Waals surface area contributed by atoms with Gasteiger partial charge in [-0.15, -0.1) is 0 Å². The molecule has 2 aliphatic rings. The molecule has 300 valence electrons. The molecule has 0 aliphatic heterocycles. The second-order valence-electron chi connectivity index (χ2n) is 18.0. The van der Waals surface area contributed by atoms with Gasteiger partial charge < -0.3 is 14.9 Å². The maximum absolute atomic E-state index is 6.85. The lowest BCUT2D eigenvalue weighted by atomic mass is 9.81. The molecule has 2 N–H and O–H groups in total. The molecule has 62 heavy (non-hydrogen) atoms. The highest BCUT2D eigenvalue weighted by Crippen LogP contribution is 2.50. The molecule has 7 aromatic carbocycles. The van der Waals surface area contributed by atoms with Crippen molar-refractivity contribution in [3.05, 3.63) is 210 Å². The van der Waals surface area contributed by atoms with Crippen molar-refractivity contribution < 1.29 is 0 Å². The van der Waals surface area contributed by atoms with Crippen molar-refractivity contribution in [2.24, 2.45) is 5.73 Å². The summed E-state index contributed by atoms with van der Waals surface area (Å²) in [6.07, 6.45) is 8.12. The summed E-state index contributed by atoms with van der Waals surface area (Å²) in [6, 6.07) is 54.1. The minimum atomic E-state index is -0.168. The highest BCUT2D eigenvalue weighted by Gasteiger charge is 2.37. The fraction of sp³-hybridized carbons (Fsp3) is 0.119. The van der Waals surface area contributed by atoms with Gasteiger partial charge in [-0.3, -0.25) is 0 Å². The van der Waals surface area contributed by atoms with E-state index in [-0.39, 0.29) is 10.8 Å². The standard InChI is InChI=1S/C59H49N3/c1-8-16-52-57(60)48-35-41(26-28-51(48)59(52,6)7)61-53(10-3)42(9-2)46-32-38(23-29-55(46)61)36-17-15-18-37(31-36)39-24-30-56-47(33-39)44-20-12-14-22-54(44)62(56)40-25-27-50-45(34-40)43-19-11-13-21-49(43)58(50,4)5/h8-35H,2-3,60H2,1,4-7H3/b16-8-. The summed E-state index contributed by atoms with van der Waals surface area (Å²) in [6.45, 7) is 19.8. The molecule has 0 bridgehead atoms. The highest BCUT2D eigenvalue weighted by atomic mass is 15.0. The van der Waals surface area contributed by atoms with Gasteiger partial charge in [-0.25, -0.2) is 0 Å². The van der Waals surface area contributed by atoms with E-state index < -0.39 is 0 Å². The number of para-hydroxylation sites is 1. The zero-order valence-corrected chi connectivity index (χ0v) is 36.1. The van der Waals surface area contributed by atoms with E-state index in [0.29, 0.717) is 0 Å². The maximum atomic E-state index is 6.85. The molecule has 0 atom stereocenters. The van der Waals surface area contributed by atoms with Crippen molar-refractivity contribution in [2.45, 2.75) is 45.4 Å². The van der Waals surface area contributed by atoms with Crippen molar-refractivity contribution in [3.63, 3.8) is 0 Å². The van der Waals surface area contributed by atoms with Crippen LogP contribution >= 0.6 is 0 Å². The Bertz CT molecular complexity index is 3460. The van der Waals surface area contributed by atoms with E-state index >= 15 is 0 Å². The summed E-state index contributed by atoms with van der Waals surface area (Å²) in [5.74, 6) is 0. The first-order valence-electron chi connectivity index (χ1n) is 21.7. The minimum absolute atomic E-state index is 0.0293. The van der Waals surface area contributed by atoms with E-state index in [1.807, 2.05) is 19.1 Å². The van der Waals surface area contributed by atoms with Gasteiger partial charge in [-0.1, -0.05) is 144 Å². The maximum Gasteiger partial charge on any atom is 0.0541 e. The second kappa shape index (κ2) is 13.6. The molecule has 2 aliphatic carbocycles. The Morgan fingerprint density at radius 2 is 1.06 bits per heavy atom. The molecule has 0 saturated heterocycles. The number of rotatable bonds is 7. The molecule has 9 aromatic rings. The zero-order valence-electron chi connectivity index (χ0n) is 36.1. The van der Waals surface area contributed by atoms with Crippen LogP contribution in [-0.4, -0.2) is 9.13 Å². The van der Waals surface area contributed by atoms with Crippen LogP contribution in [-0.2, 0) is 10.8 Å². The summed E-state index contributed by atoms with van der Waals surface area (Å²) in [5, 5.41) is 3.62. The third-order valence-corrected chi connectivity index (χ3v) is 14.0. The Morgan fingerprint density at radius 1 is 0.484 bits per heavy atom. The molecule has 0 saturated carbocycles. The van der Waals surface area contributed by atoms with E-state index in [1.54, 1.807) is 0 Å². The van der Waals surface area contributed by atoms with Crippen molar-refractivity contribution >= 4 is 50.6 Å². The predicted molar refractivity (Wildman–Crippen MR) is 265 cm³/mol. The van der Waals surface area contributed by atoms with Crippen molar-refractivity contribution in [3.8, 4) is 44.8 Å². The number of benzene rings is 7. The number of nitrogens with zero attached hydrogens (tertiary/aromatic N) is 2. The highest BCUT2D eigenvalue weighted by molar-refractivity contribution is 6.10. The van der Waals surface area contributed by atoms with Crippen LogP contribution in [0.25, 0.3) is 95.3 Å². The fourth-order valence-electron chi connectivity index (χ4n) is 10.9. The smallest absolute Gasteiger partial charge is 0.0541 e. The number of hydrogen-bond acceptors (Lipinski definition) is 1. The topological polar surface area (TPSA) is 35.9 Å². The quantitative estimate of drug-likeness (QED) is 0.171. The van der Waals surface area contributed by atoms with Crippen molar-refractivity contribution in [1.82, 2.24) is 9.13 Å². The van der Waals surface area contributed by atoms with Crippen molar-refractivity contribution in [1.29, 1.82) is 0 Å². The van der Waals surface area contributed by atoms with Crippen LogP contribution in [0.2, 0.25) is 0 Å². The van der Waals surface area contributed by atoms with E-state index in [4.69, 9.17) is 5.73 Å². The number of aromatic nitrogens is 2. The van der Waals surface area contributed by atoms with Crippen LogP contribution in [0.3, 0.4) is 0 Å². The van der Waals surface area contributed by atoms with Gasteiger partial charge in [-0.2, -0.15) is 0 Å². The molecule has 0 radical (unpaired) electrons. The predicted octanol–water partition coefficient (Wildman–Crippen LogP) is 15.2. The van der Waals surface area contributed by atoms with E-state index in [2.05, 4.69) is 208 Å². The SMILES string of the molecule is C=Cc1c(C=C)n(-c2ccc3c(c2)C(N)=C(/C=C\C)C3(C)C)c2ccc(-c3cccc(-c4ccc5c(c4)c4ccccc4n5-c4ccc5c(c4)-c4ccccc4C5(C)C)c3)cc12. The minimum Gasteiger partial charge on any atom is -0.398 e. The summed E-state index contributed by atoms with van der Waals surface area (Å²) in [7, 11) is 0. The molecule has 3 heteroatoms. The van der Waals surface area contributed by atoms with Gasteiger partial charge in [0.15, 0.2) is 0 Å². The van der Waals surface area contributed by atoms with Crippen molar-refractivity contribution in [2.75, 3.05) is 0 Å². The summed E-state index contributed by atoms with van der Waals surface area (Å²) in [4.78, 5) is 0. The molecular weight excluding hydrogens is 751 g/mol. The first-order chi connectivity index (χ1) is 30.0. The number of nitrogens with two attached hydrogens (primary N) is 1. The van der Waals surface area contributed by atoms with Gasteiger partial charge in [0.1, 0.15) is 0 Å². The third-order valence-electron chi connectivity index (χ3n) is 14.0. The molecule has 2 aromatic heterocycles. The summed E-state index contributed by atoms with van der Waals surface area (Å²) >= 11 is 0. The van der Waals surface area contributed by atoms with Crippen LogP contribution in [0.1, 0.15) is 68.1 Å². The van der Waals surface area contributed by atoms with Gasteiger partial charge in [-0.05, 0) is 129 Å². The van der Waals surface area contributed by atoms with Crippen LogP contribution in [0.15, 0.2) is 176 Å². The largest absolute Gasteiger partial charge is 0.398 e. The average Bonchev–Trinajstić information content (AvgIpc) is 3.94. The Kier molecular flexibility index (Phi) is 8.24. The second-order valence-corrected chi connectivity index (χ2v) is 18.0. The first kappa shape index (κ1) is 37.6. The van der Waals surface area contributed by atoms with E-state index in [1.165, 1.54) is 66.4 Å².